The van der Waals surface area contributed by atoms with Gasteiger partial charge in [0.2, 0.25) is 5.91 Å². The Labute approximate surface area is 120 Å². The molecule has 106 valence electrons. The monoisotopic (exact) mass is 280 g/mol. The SMILES string of the molecule is CCC(CN)CC(=O)NC(C)c1ccc(SC)cc1. The molecule has 0 aliphatic carbocycles. The zero-order valence-electron chi connectivity index (χ0n) is 12.0. The maximum absolute atomic E-state index is 11.9. The van der Waals surface area contributed by atoms with Gasteiger partial charge in [0, 0.05) is 11.3 Å². The molecule has 1 aromatic carbocycles. The third-order valence-electron chi connectivity index (χ3n) is 3.38. The van der Waals surface area contributed by atoms with Crippen LogP contribution in [0, 0.1) is 5.92 Å². The Hall–Kier alpha value is -1.00. The summed E-state index contributed by atoms with van der Waals surface area (Å²) in [5.74, 6) is 0.366. The van der Waals surface area contributed by atoms with E-state index in [0.29, 0.717) is 13.0 Å². The lowest BCUT2D eigenvalue weighted by molar-refractivity contribution is -0.122. The molecule has 2 unspecified atom stereocenters. The third kappa shape index (κ3) is 5.25. The smallest absolute Gasteiger partial charge is 0.220 e. The zero-order valence-corrected chi connectivity index (χ0v) is 12.8. The number of nitrogens with two attached hydrogens (primary N) is 1. The Kier molecular flexibility index (Phi) is 6.95. The Morgan fingerprint density at radius 1 is 1.37 bits per heavy atom. The van der Waals surface area contributed by atoms with Gasteiger partial charge in [-0.1, -0.05) is 25.5 Å². The molecule has 0 bridgehead atoms. The normalized spacial score (nSPS) is 13.9. The van der Waals surface area contributed by atoms with Crippen molar-refractivity contribution in [1.29, 1.82) is 0 Å². The predicted molar refractivity (Wildman–Crippen MR) is 82.2 cm³/mol. The molecule has 3 N–H and O–H groups in total. The molecule has 0 fully saturated rings. The molecule has 1 amide bonds. The standard InChI is InChI=1S/C15H24N2OS/c1-4-12(10-16)9-15(18)17-11(2)13-5-7-14(19-3)8-6-13/h5-8,11-12H,4,9-10,16H2,1-3H3,(H,17,18). The van der Waals surface area contributed by atoms with E-state index in [1.807, 2.05) is 6.92 Å². The van der Waals surface area contributed by atoms with E-state index in [4.69, 9.17) is 5.73 Å². The van der Waals surface area contributed by atoms with Gasteiger partial charge in [-0.2, -0.15) is 0 Å². The van der Waals surface area contributed by atoms with Gasteiger partial charge in [0.15, 0.2) is 0 Å². The quantitative estimate of drug-likeness (QED) is 0.755. The van der Waals surface area contributed by atoms with Crippen LogP contribution in [-0.2, 0) is 4.79 Å². The number of nitrogens with one attached hydrogen (secondary N) is 1. The van der Waals surface area contributed by atoms with Gasteiger partial charge in [-0.3, -0.25) is 4.79 Å². The minimum Gasteiger partial charge on any atom is -0.350 e. The van der Waals surface area contributed by atoms with E-state index in [1.165, 1.54) is 4.90 Å². The van der Waals surface area contributed by atoms with Crippen molar-refractivity contribution in [1.82, 2.24) is 5.32 Å². The Balaban J connectivity index is 2.53. The van der Waals surface area contributed by atoms with Crippen molar-refractivity contribution in [2.45, 2.75) is 37.6 Å². The number of carbonyl (C=O) groups is 1. The van der Waals surface area contributed by atoms with E-state index in [9.17, 15) is 4.79 Å². The van der Waals surface area contributed by atoms with Crippen molar-refractivity contribution in [3.8, 4) is 0 Å². The van der Waals surface area contributed by atoms with Crippen LogP contribution >= 0.6 is 11.8 Å². The van der Waals surface area contributed by atoms with Gasteiger partial charge >= 0.3 is 0 Å². The summed E-state index contributed by atoms with van der Waals surface area (Å²) in [6.07, 6.45) is 3.51. The fourth-order valence-electron chi connectivity index (χ4n) is 1.93. The zero-order chi connectivity index (χ0) is 14.3. The van der Waals surface area contributed by atoms with E-state index in [2.05, 4.69) is 42.8 Å². The van der Waals surface area contributed by atoms with Gasteiger partial charge in [0.25, 0.3) is 0 Å². The average molecular weight is 280 g/mol. The van der Waals surface area contributed by atoms with Crippen LogP contribution in [0.2, 0.25) is 0 Å². The van der Waals surface area contributed by atoms with Crippen LogP contribution in [0.3, 0.4) is 0 Å². The first-order valence-corrected chi connectivity index (χ1v) is 7.96. The number of thioether (sulfide) groups is 1. The summed E-state index contributed by atoms with van der Waals surface area (Å²) in [5.41, 5.74) is 6.75. The predicted octanol–water partition coefficient (Wildman–Crippen LogP) is 2.96. The topological polar surface area (TPSA) is 55.1 Å². The molecular formula is C15H24N2OS. The van der Waals surface area contributed by atoms with Crippen LogP contribution in [0.1, 0.15) is 38.3 Å². The van der Waals surface area contributed by atoms with Crippen LogP contribution < -0.4 is 11.1 Å². The van der Waals surface area contributed by atoms with E-state index in [-0.39, 0.29) is 17.9 Å². The molecule has 3 nitrogen and oxygen atoms in total. The highest BCUT2D eigenvalue weighted by molar-refractivity contribution is 7.98. The lowest BCUT2D eigenvalue weighted by Crippen LogP contribution is -2.30. The largest absolute Gasteiger partial charge is 0.350 e. The van der Waals surface area contributed by atoms with E-state index in [1.54, 1.807) is 11.8 Å². The van der Waals surface area contributed by atoms with E-state index >= 15 is 0 Å². The molecular weight excluding hydrogens is 256 g/mol. The molecule has 1 rings (SSSR count). The Bertz CT molecular complexity index is 388. The van der Waals surface area contributed by atoms with Gasteiger partial charge in [0.1, 0.15) is 0 Å². The number of rotatable bonds is 7. The summed E-state index contributed by atoms with van der Waals surface area (Å²) < 4.78 is 0. The number of carbonyl (C=O) groups excluding carboxylic acids is 1. The summed E-state index contributed by atoms with van der Waals surface area (Å²) in [6.45, 7) is 4.64. The van der Waals surface area contributed by atoms with Crippen molar-refractivity contribution in [2.24, 2.45) is 11.7 Å². The molecule has 19 heavy (non-hydrogen) atoms. The second-order valence-corrected chi connectivity index (χ2v) is 5.66. The lowest BCUT2D eigenvalue weighted by Gasteiger charge is -2.17. The molecule has 0 spiro atoms. The minimum absolute atomic E-state index is 0.0405. The third-order valence-corrected chi connectivity index (χ3v) is 4.12. The first-order chi connectivity index (χ1) is 9.10. The maximum atomic E-state index is 11.9. The first-order valence-electron chi connectivity index (χ1n) is 6.74. The van der Waals surface area contributed by atoms with Gasteiger partial charge in [-0.25, -0.2) is 0 Å². The van der Waals surface area contributed by atoms with Gasteiger partial charge < -0.3 is 11.1 Å². The molecule has 2 atom stereocenters. The number of hydrogen-bond donors (Lipinski definition) is 2. The highest BCUT2D eigenvalue weighted by Gasteiger charge is 2.13. The van der Waals surface area contributed by atoms with Crippen molar-refractivity contribution < 1.29 is 4.79 Å². The van der Waals surface area contributed by atoms with Gasteiger partial charge in [-0.15, -0.1) is 11.8 Å². The fraction of sp³-hybridized carbons (Fsp3) is 0.533. The summed E-state index contributed by atoms with van der Waals surface area (Å²) >= 11 is 1.72. The van der Waals surface area contributed by atoms with Crippen LogP contribution in [0.25, 0.3) is 0 Å². The molecule has 0 aliphatic heterocycles. The molecule has 1 aromatic rings. The van der Waals surface area contributed by atoms with Crippen LogP contribution in [-0.4, -0.2) is 18.7 Å². The summed E-state index contributed by atoms with van der Waals surface area (Å²) in [7, 11) is 0. The molecule has 0 saturated heterocycles. The maximum Gasteiger partial charge on any atom is 0.220 e. The molecule has 0 heterocycles. The summed E-state index contributed by atoms with van der Waals surface area (Å²) in [4.78, 5) is 13.1. The van der Waals surface area contributed by atoms with Gasteiger partial charge in [-0.05, 0) is 43.3 Å². The minimum atomic E-state index is 0.0405. The fourth-order valence-corrected chi connectivity index (χ4v) is 2.34. The van der Waals surface area contributed by atoms with Crippen LogP contribution in [0.4, 0.5) is 0 Å². The highest BCUT2D eigenvalue weighted by atomic mass is 32.2. The van der Waals surface area contributed by atoms with Crippen molar-refractivity contribution in [3.63, 3.8) is 0 Å². The van der Waals surface area contributed by atoms with E-state index < -0.39 is 0 Å². The van der Waals surface area contributed by atoms with Crippen LogP contribution in [0.5, 0.6) is 0 Å². The average Bonchev–Trinajstić information content (AvgIpc) is 2.44. The van der Waals surface area contributed by atoms with Crippen molar-refractivity contribution >= 4 is 17.7 Å². The number of amides is 1. The second-order valence-electron chi connectivity index (χ2n) is 4.78. The van der Waals surface area contributed by atoms with Gasteiger partial charge in [0.05, 0.1) is 6.04 Å². The lowest BCUT2D eigenvalue weighted by atomic mass is 10.0. The Morgan fingerprint density at radius 2 is 2.00 bits per heavy atom. The second kappa shape index (κ2) is 8.23. The first kappa shape index (κ1) is 16.1. The molecule has 0 saturated carbocycles. The Morgan fingerprint density at radius 3 is 2.47 bits per heavy atom. The van der Waals surface area contributed by atoms with Crippen molar-refractivity contribution in [2.75, 3.05) is 12.8 Å². The summed E-state index contributed by atoms with van der Waals surface area (Å²) in [6, 6.07) is 8.33. The van der Waals surface area contributed by atoms with Crippen LogP contribution in [0.15, 0.2) is 29.2 Å². The molecule has 4 heteroatoms. The number of benzene rings is 1. The molecule has 0 radical (unpaired) electrons. The molecule has 0 aliphatic rings. The number of hydrogen-bond acceptors (Lipinski definition) is 3. The highest BCUT2D eigenvalue weighted by Crippen LogP contribution is 2.19. The molecule has 0 aromatic heterocycles. The van der Waals surface area contributed by atoms with E-state index in [0.717, 1.165) is 12.0 Å². The van der Waals surface area contributed by atoms with Crippen molar-refractivity contribution in [3.05, 3.63) is 29.8 Å². The summed E-state index contributed by atoms with van der Waals surface area (Å²) in [5, 5.41) is 3.03.